The predicted octanol–water partition coefficient (Wildman–Crippen LogP) is 4.93. The number of allylic oxidation sites excluding steroid dienone is 1. The third-order valence-electron chi connectivity index (χ3n) is 6.89. The van der Waals surface area contributed by atoms with E-state index in [1.54, 1.807) is 6.07 Å². The summed E-state index contributed by atoms with van der Waals surface area (Å²) >= 11 is 0. The van der Waals surface area contributed by atoms with Crippen molar-refractivity contribution in [2.75, 3.05) is 13.7 Å². The molecule has 6 heteroatoms. The molecule has 0 aliphatic heterocycles. The van der Waals surface area contributed by atoms with Gasteiger partial charge in [0.15, 0.2) is 0 Å². The lowest BCUT2D eigenvalue weighted by Crippen LogP contribution is -2.34. The summed E-state index contributed by atoms with van der Waals surface area (Å²) in [6.07, 6.45) is 6.35. The highest BCUT2D eigenvalue weighted by atomic mass is 16.5. The largest absolute Gasteiger partial charge is 0.465 e. The van der Waals surface area contributed by atoms with Crippen LogP contribution >= 0.6 is 0 Å². The van der Waals surface area contributed by atoms with Crippen LogP contribution < -0.4 is 5.32 Å². The lowest BCUT2D eigenvalue weighted by molar-refractivity contribution is 0.0601. The average Bonchev–Trinajstić information content (AvgIpc) is 3.22. The Labute approximate surface area is 195 Å². The van der Waals surface area contributed by atoms with E-state index >= 15 is 0 Å². The fourth-order valence-electron chi connectivity index (χ4n) is 5.01. The van der Waals surface area contributed by atoms with Gasteiger partial charge in [-0.15, -0.1) is 0 Å². The fraction of sp³-hybridized carbons (Fsp3) is 0.444. The maximum atomic E-state index is 11.8. The molecule has 1 aliphatic carbocycles. The molecule has 0 bridgehead atoms. The first-order valence-electron chi connectivity index (χ1n) is 11.8. The second kappa shape index (κ2) is 10.3. The molecule has 4 rings (SSSR count). The van der Waals surface area contributed by atoms with Crippen LogP contribution in [-0.2, 0) is 17.7 Å². The minimum absolute atomic E-state index is 0.332. The molecule has 0 saturated carbocycles. The maximum absolute atomic E-state index is 11.8. The zero-order valence-electron chi connectivity index (χ0n) is 20.0. The van der Waals surface area contributed by atoms with Gasteiger partial charge in [-0.3, -0.25) is 4.98 Å². The Bertz CT molecular complexity index is 1120. The number of esters is 1. The quantitative estimate of drug-likeness (QED) is 0.379. The number of carbonyl (C=O) groups is 1. The highest BCUT2D eigenvalue weighted by molar-refractivity contribution is 5.93. The number of rotatable bonds is 8. The van der Waals surface area contributed by atoms with E-state index in [-0.39, 0.29) is 5.97 Å². The normalized spacial score (nSPS) is 20.8. The minimum atomic E-state index is -0.332. The topological polar surface area (TPSA) is 79.9 Å². The Balaban J connectivity index is 1.45. The molecule has 3 unspecified atom stereocenters. The first kappa shape index (κ1) is 23.2. The van der Waals surface area contributed by atoms with Crippen LogP contribution in [0.2, 0.25) is 0 Å². The molecule has 2 heterocycles. The number of aromatic amines is 1. The number of imidazole rings is 1. The third kappa shape index (κ3) is 5.50. The van der Waals surface area contributed by atoms with E-state index < -0.39 is 0 Å². The molecular weight excluding hydrogens is 412 g/mol. The van der Waals surface area contributed by atoms with Crippen molar-refractivity contribution >= 4 is 17.0 Å². The van der Waals surface area contributed by atoms with Crippen molar-refractivity contribution in [3.8, 4) is 0 Å². The van der Waals surface area contributed by atoms with Crippen molar-refractivity contribution in [1.29, 1.82) is 0 Å². The third-order valence-corrected chi connectivity index (χ3v) is 6.89. The molecule has 6 nitrogen and oxygen atoms in total. The number of carbonyl (C=O) groups excluding carboxylic acids is 1. The van der Waals surface area contributed by atoms with Crippen LogP contribution in [0.15, 0.2) is 54.2 Å². The summed E-state index contributed by atoms with van der Waals surface area (Å²) in [5.41, 5.74) is 4.81. The second-order valence-corrected chi connectivity index (χ2v) is 9.48. The summed E-state index contributed by atoms with van der Waals surface area (Å²) < 4.78 is 4.84. The zero-order chi connectivity index (χ0) is 23.4. The number of ether oxygens (including phenoxy) is 1. The fourth-order valence-corrected chi connectivity index (χ4v) is 5.01. The van der Waals surface area contributed by atoms with Gasteiger partial charge in [0, 0.05) is 25.7 Å². The molecule has 2 N–H and O–H groups in total. The molecule has 174 valence electrons. The molecule has 0 fully saturated rings. The number of H-pyrrole nitrogens is 1. The van der Waals surface area contributed by atoms with Gasteiger partial charge in [0.1, 0.15) is 5.82 Å². The van der Waals surface area contributed by atoms with Gasteiger partial charge < -0.3 is 15.0 Å². The molecular formula is C27H34N4O2. The van der Waals surface area contributed by atoms with Crippen molar-refractivity contribution in [3.05, 3.63) is 71.3 Å². The van der Waals surface area contributed by atoms with E-state index in [2.05, 4.69) is 48.2 Å². The number of nitrogens with one attached hydrogen (secondary N) is 2. The summed E-state index contributed by atoms with van der Waals surface area (Å²) in [5.74, 6) is 2.84. The summed E-state index contributed by atoms with van der Waals surface area (Å²) in [7, 11) is 1.40. The number of pyridine rings is 1. The van der Waals surface area contributed by atoms with E-state index in [4.69, 9.17) is 9.72 Å². The lowest BCUT2D eigenvalue weighted by atomic mass is 9.70. The zero-order valence-corrected chi connectivity index (χ0v) is 20.0. The summed E-state index contributed by atoms with van der Waals surface area (Å²) in [6.45, 7) is 8.68. The molecule has 1 aliphatic rings. The first-order chi connectivity index (χ1) is 15.9. The Morgan fingerprint density at radius 2 is 2.12 bits per heavy atom. The van der Waals surface area contributed by atoms with Crippen LogP contribution in [0.4, 0.5) is 0 Å². The van der Waals surface area contributed by atoms with Crippen LogP contribution in [0.5, 0.6) is 0 Å². The summed E-state index contributed by atoms with van der Waals surface area (Å²) in [6, 6.07) is 11.5. The van der Waals surface area contributed by atoms with Gasteiger partial charge in [-0.2, -0.15) is 0 Å². The number of fused-ring (bicyclic) bond motifs is 1. The molecule has 1 aromatic carbocycles. The van der Waals surface area contributed by atoms with Crippen LogP contribution in [0, 0.1) is 23.7 Å². The molecule has 0 spiro atoms. The number of hydrogen-bond donors (Lipinski definition) is 2. The van der Waals surface area contributed by atoms with E-state index in [1.807, 2.05) is 30.5 Å². The lowest BCUT2D eigenvalue weighted by Gasteiger charge is -2.37. The van der Waals surface area contributed by atoms with Gasteiger partial charge in [-0.05, 0) is 67.3 Å². The molecule has 2 aromatic heterocycles. The van der Waals surface area contributed by atoms with E-state index in [0.29, 0.717) is 29.2 Å². The van der Waals surface area contributed by atoms with E-state index in [1.165, 1.54) is 12.7 Å². The van der Waals surface area contributed by atoms with Gasteiger partial charge >= 0.3 is 5.97 Å². The molecule has 3 atom stereocenters. The Kier molecular flexibility index (Phi) is 7.23. The second-order valence-electron chi connectivity index (χ2n) is 9.48. The highest BCUT2D eigenvalue weighted by Gasteiger charge is 2.31. The number of aromatic nitrogens is 3. The summed E-state index contributed by atoms with van der Waals surface area (Å²) in [5, 5.41) is 3.61. The minimum Gasteiger partial charge on any atom is -0.465 e. The van der Waals surface area contributed by atoms with Crippen molar-refractivity contribution in [2.45, 2.75) is 40.2 Å². The number of nitrogens with zero attached hydrogens (tertiary/aromatic N) is 2. The predicted molar refractivity (Wildman–Crippen MR) is 131 cm³/mol. The Morgan fingerprint density at radius 1 is 1.27 bits per heavy atom. The standard InChI is InChI=1S/C27H34N4O2/c1-17(2)23-12-20(18(3)11-21(23)15-28-16-22-7-5-6-10-29-22)14-26-30-24-9-8-19(27(32)33-4)13-25(24)31-26/h5-11,13,17,20-21,23,28H,12,14-16H2,1-4H3,(H,30,31). The highest BCUT2D eigenvalue weighted by Crippen LogP contribution is 2.38. The molecule has 3 aromatic rings. The van der Waals surface area contributed by atoms with Crippen molar-refractivity contribution in [3.63, 3.8) is 0 Å². The average molecular weight is 447 g/mol. The maximum Gasteiger partial charge on any atom is 0.337 e. The van der Waals surface area contributed by atoms with Crippen molar-refractivity contribution < 1.29 is 9.53 Å². The molecule has 0 saturated heterocycles. The van der Waals surface area contributed by atoms with Gasteiger partial charge in [0.25, 0.3) is 0 Å². The Morgan fingerprint density at radius 3 is 2.85 bits per heavy atom. The van der Waals surface area contributed by atoms with Crippen LogP contribution in [0.25, 0.3) is 11.0 Å². The van der Waals surface area contributed by atoms with Gasteiger partial charge in [-0.1, -0.05) is 31.6 Å². The van der Waals surface area contributed by atoms with Crippen molar-refractivity contribution in [2.24, 2.45) is 23.7 Å². The molecule has 0 amide bonds. The SMILES string of the molecule is COC(=O)c1ccc2nc(CC3CC(C(C)C)C(CNCc4ccccn4)C=C3C)[nH]c2c1. The van der Waals surface area contributed by atoms with Crippen molar-refractivity contribution in [1.82, 2.24) is 20.3 Å². The summed E-state index contributed by atoms with van der Waals surface area (Å²) in [4.78, 5) is 24.5. The smallest absolute Gasteiger partial charge is 0.337 e. The van der Waals surface area contributed by atoms with Crippen LogP contribution in [0.1, 0.15) is 49.1 Å². The monoisotopic (exact) mass is 446 g/mol. The number of methoxy groups -OCH3 is 1. The first-order valence-corrected chi connectivity index (χ1v) is 11.8. The van der Waals surface area contributed by atoms with Crippen LogP contribution in [0.3, 0.4) is 0 Å². The number of hydrogen-bond acceptors (Lipinski definition) is 5. The van der Waals surface area contributed by atoms with Gasteiger partial charge in [0.2, 0.25) is 0 Å². The molecule has 33 heavy (non-hydrogen) atoms. The molecule has 0 radical (unpaired) electrons. The Hall–Kier alpha value is -2.99. The number of benzene rings is 1. The van der Waals surface area contributed by atoms with Crippen LogP contribution in [-0.4, -0.2) is 34.6 Å². The van der Waals surface area contributed by atoms with Gasteiger partial charge in [-0.25, -0.2) is 9.78 Å². The van der Waals surface area contributed by atoms with E-state index in [0.717, 1.165) is 48.5 Å². The van der Waals surface area contributed by atoms with Gasteiger partial charge in [0.05, 0.1) is 29.4 Å². The van der Waals surface area contributed by atoms with E-state index in [9.17, 15) is 4.79 Å².